The summed E-state index contributed by atoms with van der Waals surface area (Å²) in [4.78, 5) is 2.47. The molecule has 1 rings (SSSR count). The highest BCUT2D eigenvalue weighted by atomic mass is 15.1. The van der Waals surface area contributed by atoms with Crippen LogP contribution in [0.15, 0.2) is 30.3 Å². The van der Waals surface area contributed by atoms with Crippen molar-refractivity contribution < 1.29 is 0 Å². The topological polar surface area (TPSA) is 3.24 Å². The van der Waals surface area contributed by atoms with Crippen molar-refractivity contribution in [2.24, 2.45) is 5.41 Å². The maximum absolute atomic E-state index is 4.19. The molecule has 0 N–H and O–H groups in total. The standard InChI is InChI=1S/C15H24N/c1-13(2)16(12-15(3,4)5)11-14-9-7-6-8-10-14/h6-10,13H,3,11-12H2,1-2,4-5H3. The highest BCUT2D eigenvalue weighted by Crippen LogP contribution is 2.18. The lowest BCUT2D eigenvalue weighted by Gasteiger charge is -2.33. The van der Waals surface area contributed by atoms with Crippen LogP contribution in [-0.4, -0.2) is 17.5 Å². The molecule has 1 heteroatoms. The van der Waals surface area contributed by atoms with E-state index in [1.807, 2.05) is 0 Å². The van der Waals surface area contributed by atoms with Crippen molar-refractivity contribution in [1.29, 1.82) is 0 Å². The van der Waals surface area contributed by atoms with Crippen LogP contribution in [0.5, 0.6) is 0 Å². The summed E-state index contributed by atoms with van der Waals surface area (Å²) >= 11 is 0. The predicted molar refractivity (Wildman–Crippen MR) is 71.1 cm³/mol. The Morgan fingerprint density at radius 2 is 1.75 bits per heavy atom. The maximum atomic E-state index is 4.19. The molecular formula is C15H24N. The third-order valence-corrected chi connectivity index (χ3v) is 2.59. The van der Waals surface area contributed by atoms with Gasteiger partial charge in [0.2, 0.25) is 0 Å². The molecule has 0 aromatic heterocycles. The first-order valence-corrected chi connectivity index (χ1v) is 6.02. The van der Waals surface area contributed by atoms with E-state index in [9.17, 15) is 0 Å². The molecule has 0 aliphatic heterocycles. The second-order valence-electron chi connectivity index (χ2n) is 5.65. The van der Waals surface area contributed by atoms with Gasteiger partial charge >= 0.3 is 0 Å². The summed E-state index contributed by atoms with van der Waals surface area (Å²) in [6.07, 6.45) is 0. The predicted octanol–water partition coefficient (Wildman–Crippen LogP) is 3.76. The van der Waals surface area contributed by atoms with Gasteiger partial charge in [-0.15, -0.1) is 0 Å². The zero-order valence-corrected chi connectivity index (χ0v) is 11.0. The maximum Gasteiger partial charge on any atom is 0.0236 e. The minimum absolute atomic E-state index is 0.110. The second kappa shape index (κ2) is 5.49. The summed E-state index contributed by atoms with van der Waals surface area (Å²) in [7, 11) is 0. The average molecular weight is 218 g/mol. The Kier molecular flexibility index (Phi) is 4.55. The van der Waals surface area contributed by atoms with Gasteiger partial charge in [-0.2, -0.15) is 0 Å². The molecule has 1 nitrogen and oxygen atoms in total. The molecule has 1 radical (unpaired) electrons. The van der Waals surface area contributed by atoms with Crippen LogP contribution < -0.4 is 0 Å². The Bertz CT molecular complexity index is 295. The van der Waals surface area contributed by atoms with Gasteiger partial charge in [-0.3, -0.25) is 4.90 Å². The van der Waals surface area contributed by atoms with Crippen molar-refractivity contribution in [3.8, 4) is 0 Å². The summed E-state index contributed by atoms with van der Waals surface area (Å²) in [5.41, 5.74) is 1.49. The lowest BCUT2D eigenvalue weighted by atomic mass is 9.95. The SMILES string of the molecule is [CH2]C(C)(C)CN(Cc1ccccc1)C(C)C. The molecule has 0 saturated heterocycles. The van der Waals surface area contributed by atoms with E-state index in [0.29, 0.717) is 6.04 Å². The quantitative estimate of drug-likeness (QED) is 0.727. The summed E-state index contributed by atoms with van der Waals surface area (Å²) < 4.78 is 0. The fourth-order valence-corrected chi connectivity index (χ4v) is 1.79. The molecule has 1 aromatic rings. The number of hydrogen-bond acceptors (Lipinski definition) is 1. The van der Waals surface area contributed by atoms with Crippen molar-refractivity contribution in [3.63, 3.8) is 0 Å². The van der Waals surface area contributed by atoms with E-state index in [-0.39, 0.29) is 5.41 Å². The van der Waals surface area contributed by atoms with E-state index >= 15 is 0 Å². The summed E-state index contributed by atoms with van der Waals surface area (Å²) in [5.74, 6) is 0. The first-order chi connectivity index (χ1) is 7.38. The Morgan fingerprint density at radius 3 is 2.19 bits per heavy atom. The van der Waals surface area contributed by atoms with Crippen molar-refractivity contribution >= 4 is 0 Å². The van der Waals surface area contributed by atoms with Crippen LogP contribution >= 0.6 is 0 Å². The minimum atomic E-state index is 0.110. The highest BCUT2D eigenvalue weighted by Gasteiger charge is 2.18. The Balaban J connectivity index is 2.66. The molecule has 0 aliphatic carbocycles. The van der Waals surface area contributed by atoms with Crippen molar-refractivity contribution in [3.05, 3.63) is 42.8 Å². The molecule has 0 aliphatic rings. The summed E-state index contributed by atoms with van der Waals surface area (Å²) in [5, 5.41) is 0. The normalized spacial score (nSPS) is 12.4. The first kappa shape index (κ1) is 13.2. The molecule has 1 aromatic carbocycles. The number of nitrogens with zero attached hydrogens (tertiary/aromatic N) is 1. The van der Waals surface area contributed by atoms with Gasteiger partial charge in [0.1, 0.15) is 0 Å². The first-order valence-electron chi connectivity index (χ1n) is 6.02. The third-order valence-electron chi connectivity index (χ3n) is 2.59. The van der Waals surface area contributed by atoms with Crippen molar-refractivity contribution in [2.75, 3.05) is 6.54 Å². The van der Waals surface area contributed by atoms with Gasteiger partial charge in [-0.1, -0.05) is 44.2 Å². The Labute approximate surface area is 100 Å². The second-order valence-corrected chi connectivity index (χ2v) is 5.65. The molecule has 0 bridgehead atoms. The van der Waals surface area contributed by atoms with Gasteiger partial charge in [0.05, 0.1) is 0 Å². The van der Waals surface area contributed by atoms with E-state index in [1.165, 1.54) is 5.56 Å². The zero-order valence-electron chi connectivity index (χ0n) is 11.0. The van der Waals surface area contributed by atoms with Gasteiger partial charge in [0, 0.05) is 19.1 Å². The molecule has 0 spiro atoms. The van der Waals surface area contributed by atoms with Crippen molar-refractivity contribution in [1.82, 2.24) is 4.90 Å². The van der Waals surface area contributed by atoms with E-state index in [2.05, 4.69) is 69.9 Å². The fraction of sp³-hybridized carbons (Fsp3) is 0.533. The van der Waals surface area contributed by atoms with E-state index in [1.54, 1.807) is 0 Å². The summed E-state index contributed by atoms with van der Waals surface area (Å²) in [6, 6.07) is 11.2. The molecule has 89 valence electrons. The van der Waals surface area contributed by atoms with Gasteiger partial charge in [-0.25, -0.2) is 0 Å². The van der Waals surface area contributed by atoms with Crippen LogP contribution in [-0.2, 0) is 6.54 Å². The Morgan fingerprint density at radius 1 is 1.19 bits per heavy atom. The van der Waals surface area contributed by atoms with Crippen LogP contribution in [0, 0.1) is 12.3 Å². The van der Waals surface area contributed by atoms with Crippen molar-refractivity contribution in [2.45, 2.75) is 40.3 Å². The number of rotatable bonds is 5. The lowest BCUT2D eigenvalue weighted by Crippen LogP contribution is -2.37. The smallest absolute Gasteiger partial charge is 0.0236 e. The third kappa shape index (κ3) is 4.80. The number of benzene rings is 1. The zero-order chi connectivity index (χ0) is 12.2. The largest absolute Gasteiger partial charge is 0.296 e. The van der Waals surface area contributed by atoms with Crippen LogP contribution in [0.2, 0.25) is 0 Å². The van der Waals surface area contributed by atoms with Crippen LogP contribution in [0.3, 0.4) is 0 Å². The van der Waals surface area contributed by atoms with Crippen LogP contribution in [0.1, 0.15) is 33.3 Å². The van der Waals surface area contributed by atoms with E-state index < -0.39 is 0 Å². The fourth-order valence-electron chi connectivity index (χ4n) is 1.79. The molecule has 0 saturated carbocycles. The van der Waals surface area contributed by atoms with E-state index in [4.69, 9.17) is 0 Å². The van der Waals surface area contributed by atoms with E-state index in [0.717, 1.165) is 13.1 Å². The molecule has 0 unspecified atom stereocenters. The lowest BCUT2D eigenvalue weighted by molar-refractivity contribution is 0.160. The molecule has 16 heavy (non-hydrogen) atoms. The monoisotopic (exact) mass is 218 g/mol. The molecule has 0 atom stereocenters. The minimum Gasteiger partial charge on any atom is -0.296 e. The number of hydrogen-bond donors (Lipinski definition) is 0. The molecule has 0 heterocycles. The molecule has 0 fully saturated rings. The molecule has 0 amide bonds. The average Bonchev–Trinajstić information content (AvgIpc) is 2.16. The van der Waals surface area contributed by atoms with Crippen LogP contribution in [0.4, 0.5) is 0 Å². The van der Waals surface area contributed by atoms with Gasteiger partial charge in [0.25, 0.3) is 0 Å². The Hall–Kier alpha value is -0.820. The van der Waals surface area contributed by atoms with Gasteiger partial charge < -0.3 is 0 Å². The highest BCUT2D eigenvalue weighted by molar-refractivity contribution is 5.14. The molecular weight excluding hydrogens is 194 g/mol. The van der Waals surface area contributed by atoms with Crippen LogP contribution in [0.25, 0.3) is 0 Å². The van der Waals surface area contributed by atoms with Gasteiger partial charge in [0.15, 0.2) is 0 Å². The van der Waals surface area contributed by atoms with Gasteiger partial charge in [-0.05, 0) is 31.7 Å². The summed E-state index contributed by atoms with van der Waals surface area (Å²) in [6.45, 7) is 15.1.